The summed E-state index contributed by atoms with van der Waals surface area (Å²) < 4.78 is 10.8. The summed E-state index contributed by atoms with van der Waals surface area (Å²) in [5.74, 6) is -0.806. The quantitative estimate of drug-likeness (QED) is 0.524. The molecule has 2 aliphatic rings. The molecule has 1 aliphatic heterocycles. The summed E-state index contributed by atoms with van der Waals surface area (Å²) >= 11 is 0. The van der Waals surface area contributed by atoms with Crippen LogP contribution in [0.5, 0.6) is 0 Å². The molecule has 0 aromatic heterocycles. The lowest BCUT2D eigenvalue weighted by molar-refractivity contribution is -0.143. The molecule has 1 saturated heterocycles. The van der Waals surface area contributed by atoms with E-state index in [4.69, 9.17) is 14.6 Å². The summed E-state index contributed by atoms with van der Waals surface area (Å²) in [6, 6.07) is 0. The maximum Gasteiger partial charge on any atom is 0.338 e. The fourth-order valence-corrected chi connectivity index (χ4v) is 2.46. The van der Waals surface area contributed by atoms with Crippen LogP contribution in [0.15, 0.2) is 0 Å². The van der Waals surface area contributed by atoms with Crippen molar-refractivity contribution >= 4 is 5.97 Å². The number of carboxylic acid groups (broad SMARTS) is 1. The lowest BCUT2D eigenvalue weighted by Crippen LogP contribution is -2.23. The van der Waals surface area contributed by atoms with E-state index in [0.29, 0.717) is 19.1 Å². The number of ether oxygens (including phenoxy) is 2. The van der Waals surface area contributed by atoms with Gasteiger partial charge in [-0.15, -0.1) is 0 Å². The smallest absolute Gasteiger partial charge is 0.338 e. The highest BCUT2D eigenvalue weighted by molar-refractivity contribution is 5.80. The molecule has 4 nitrogen and oxygen atoms in total. The molecule has 4 heteroatoms. The van der Waals surface area contributed by atoms with Crippen LogP contribution >= 0.6 is 0 Å². The maximum atomic E-state index is 10.8. The highest BCUT2D eigenvalue weighted by Crippen LogP contribution is 2.33. The van der Waals surface area contributed by atoms with Crippen molar-refractivity contribution in [1.29, 1.82) is 0 Å². The van der Waals surface area contributed by atoms with Crippen molar-refractivity contribution in [3.63, 3.8) is 0 Å². The summed E-state index contributed by atoms with van der Waals surface area (Å²) in [7, 11) is 0. The second-order valence-corrected chi connectivity index (χ2v) is 5.18. The van der Waals surface area contributed by atoms with Gasteiger partial charge in [0, 0.05) is 6.61 Å². The molecule has 0 bridgehead atoms. The third-order valence-electron chi connectivity index (χ3n) is 3.76. The summed E-state index contributed by atoms with van der Waals surface area (Å²) in [5.41, 5.74) is -0.827. The maximum absolute atomic E-state index is 10.8. The van der Waals surface area contributed by atoms with Crippen molar-refractivity contribution in [3.8, 4) is 0 Å². The van der Waals surface area contributed by atoms with Gasteiger partial charge in [0.15, 0.2) is 5.60 Å². The second-order valence-electron chi connectivity index (χ2n) is 5.18. The van der Waals surface area contributed by atoms with Crippen LogP contribution in [0.2, 0.25) is 0 Å². The first-order chi connectivity index (χ1) is 8.23. The zero-order valence-electron chi connectivity index (χ0n) is 10.3. The third kappa shape index (κ3) is 3.68. The lowest BCUT2D eigenvalue weighted by atomic mass is 10.0. The molecule has 0 spiro atoms. The molecule has 2 rings (SSSR count). The topological polar surface area (TPSA) is 59.1 Å². The highest BCUT2D eigenvalue weighted by atomic mass is 16.6. The Balaban J connectivity index is 1.45. The van der Waals surface area contributed by atoms with Gasteiger partial charge < -0.3 is 14.6 Å². The number of epoxide rings is 1. The molecule has 0 amide bonds. The lowest BCUT2D eigenvalue weighted by Gasteiger charge is -2.11. The van der Waals surface area contributed by atoms with Gasteiger partial charge in [0.2, 0.25) is 0 Å². The predicted molar refractivity (Wildman–Crippen MR) is 63.0 cm³/mol. The number of carbonyl (C=O) groups is 1. The molecule has 1 heterocycles. The van der Waals surface area contributed by atoms with Gasteiger partial charge in [-0.2, -0.15) is 0 Å². The van der Waals surface area contributed by atoms with E-state index in [1.54, 1.807) is 0 Å². The molecular weight excluding hydrogens is 220 g/mol. The van der Waals surface area contributed by atoms with E-state index in [1.165, 1.54) is 25.7 Å². The fourth-order valence-electron chi connectivity index (χ4n) is 2.46. The first-order valence-corrected chi connectivity index (χ1v) is 6.72. The van der Waals surface area contributed by atoms with Crippen molar-refractivity contribution in [2.24, 2.45) is 0 Å². The Morgan fingerprint density at radius 3 is 2.59 bits per heavy atom. The standard InChI is InChI=1S/C13H22O4/c14-12(15)13(10-17-13)8-4-1-5-9-16-11-6-2-3-7-11/h11H,1-10H2,(H,14,15). The van der Waals surface area contributed by atoms with Gasteiger partial charge in [0.05, 0.1) is 12.7 Å². The van der Waals surface area contributed by atoms with Crippen molar-refractivity contribution in [2.75, 3.05) is 13.2 Å². The van der Waals surface area contributed by atoms with Gasteiger partial charge in [-0.05, 0) is 32.1 Å². The first kappa shape index (κ1) is 12.8. The number of hydrogen-bond donors (Lipinski definition) is 1. The van der Waals surface area contributed by atoms with E-state index in [-0.39, 0.29) is 0 Å². The Morgan fingerprint density at radius 2 is 2.00 bits per heavy atom. The molecule has 0 aromatic carbocycles. The Kier molecular flexibility index (Phi) is 4.40. The third-order valence-corrected chi connectivity index (χ3v) is 3.76. The van der Waals surface area contributed by atoms with Crippen LogP contribution in [-0.2, 0) is 14.3 Å². The largest absolute Gasteiger partial charge is 0.479 e. The van der Waals surface area contributed by atoms with Crippen LogP contribution < -0.4 is 0 Å². The molecule has 98 valence electrons. The van der Waals surface area contributed by atoms with E-state index in [0.717, 1.165) is 25.9 Å². The van der Waals surface area contributed by atoms with Crippen molar-refractivity contribution in [1.82, 2.24) is 0 Å². The number of hydrogen-bond acceptors (Lipinski definition) is 3. The number of aliphatic carboxylic acids is 1. The molecule has 1 aliphatic carbocycles. The number of rotatable bonds is 8. The monoisotopic (exact) mass is 242 g/mol. The molecule has 1 unspecified atom stereocenters. The minimum atomic E-state index is -0.827. The molecular formula is C13H22O4. The summed E-state index contributed by atoms with van der Waals surface area (Å²) in [6.07, 6.45) is 9.17. The molecule has 0 radical (unpaired) electrons. The van der Waals surface area contributed by atoms with Gasteiger partial charge >= 0.3 is 5.97 Å². The Labute approximate surface area is 102 Å². The SMILES string of the molecule is O=C(O)C1(CCCCCOC2CCCC2)CO1. The van der Waals surface area contributed by atoms with E-state index >= 15 is 0 Å². The summed E-state index contributed by atoms with van der Waals surface area (Å²) in [6.45, 7) is 1.21. The highest BCUT2D eigenvalue weighted by Gasteiger charge is 2.51. The normalized spacial score (nSPS) is 28.5. The van der Waals surface area contributed by atoms with Crippen LogP contribution in [0, 0.1) is 0 Å². The van der Waals surface area contributed by atoms with Gasteiger partial charge in [-0.25, -0.2) is 4.79 Å². The average Bonchev–Trinajstić information content (AvgIpc) is 2.92. The van der Waals surface area contributed by atoms with Crippen molar-refractivity contribution in [3.05, 3.63) is 0 Å². The first-order valence-electron chi connectivity index (χ1n) is 6.72. The summed E-state index contributed by atoms with van der Waals surface area (Å²) in [4.78, 5) is 10.8. The Morgan fingerprint density at radius 1 is 1.29 bits per heavy atom. The molecule has 1 N–H and O–H groups in total. The predicted octanol–water partition coefficient (Wildman–Crippen LogP) is 2.36. The van der Waals surface area contributed by atoms with Crippen molar-refractivity contribution < 1.29 is 19.4 Å². The zero-order chi connectivity index (χ0) is 12.1. The van der Waals surface area contributed by atoms with Crippen LogP contribution in [0.4, 0.5) is 0 Å². The fraction of sp³-hybridized carbons (Fsp3) is 0.923. The molecule has 17 heavy (non-hydrogen) atoms. The second kappa shape index (κ2) is 5.83. The van der Waals surface area contributed by atoms with E-state index in [2.05, 4.69) is 0 Å². The molecule has 1 atom stereocenters. The minimum Gasteiger partial charge on any atom is -0.479 e. The van der Waals surface area contributed by atoms with Crippen LogP contribution in [0.3, 0.4) is 0 Å². The van der Waals surface area contributed by atoms with Crippen molar-refractivity contribution in [2.45, 2.75) is 63.1 Å². The van der Waals surface area contributed by atoms with Gasteiger partial charge in [0.25, 0.3) is 0 Å². The average molecular weight is 242 g/mol. The number of unbranched alkanes of at least 4 members (excludes halogenated alkanes) is 2. The van der Waals surface area contributed by atoms with E-state index in [1.807, 2.05) is 0 Å². The van der Waals surface area contributed by atoms with Crippen LogP contribution in [0.1, 0.15) is 51.4 Å². The molecule has 2 fully saturated rings. The summed E-state index contributed by atoms with van der Waals surface area (Å²) in [5, 5.41) is 8.90. The number of carboxylic acids is 1. The van der Waals surface area contributed by atoms with Gasteiger partial charge in [-0.3, -0.25) is 0 Å². The molecule has 1 saturated carbocycles. The molecule has 0 aromatic rings. The Bertz CT molecular complexity index is 254. The minimum absolute atomic E-state index is 0.390. The van der Waals surface area contributed by atoms with Gasteiger partial charge in [0.1, 0.15) is 0 Å². The van der Waals surface area contributed by atoms with Crippen LogP contribution in [-0.4, -0.2) is 36.0 Å². The van der Waals surface area contributed by atoms with E-state index in [9.17, 15) is 4.79 Å². The van der Waals surface area contributed by atoms with Gasteiger partial charge in [-0.1, -0.05) is 19.3 Å². The Hall–Kier alpha value is -0.610. The van der Waals surface area contributed by atoms with Crippen LogP contribution in [0.25, 0.3) is 0 Å². The van der Waals surface area contributed by atoms with E-state index < -0.39 is 11.6 Å². The zero-order valence-corrected chi connectivity index (χ0v) is 10.3.